The summed E-state index contributed by atoms with van der Waals surface area (Å²) < 4.78 is 2.06. The van der Waals surface area contributed by atoms with Gasteiger partial charge in [-0.15, -0.1) is 11.3 Å². The molecule has 102 valence electrons. The Balaban J connectivity index is 2.62. The first-order valence-electron chi connectivity index (χ1n) is 5.41. The zero-order valence-corrected chi connectivity index (χ0v) is 14.3. The van der Waals surface area contributed by atoms with E-state index in [1.54, 1.807) is 11.3 Å². The van der Waals surface area contributed by atoms with Gasteiger partial charge in [0.05, 0.1) is 10.3 Å². The topological polar surface area (TPSA) is 43.8 Å². The molecule has 1 rings (SSSR count). The van der Waals surface area contributed by atoms with Gasteiger partial charge in [0.25, 0.3) is 0 Å². The van der Waals surface area contributed by atoms with E-state index < -0.39 is 5.97 Å². The average molecular weight is 400 g/mol. The quantitative estimate of drug-likeness (QED) is 0.765. The van der Waals surface area contributed by atoms with E-state index in [2.05, 4.69) is 36.8 Å². The molecule has 0 atom stereocenters. The van der Waals surface area contributed by atoms with E-state index in [1.165, 1.54) is 0 Å². The Morgan fingerprint density at radius 2 is 2.06 bits per heavy atom. The van der Waals surface area contributed by atoms with Crippen LogP contribution in [0.3, 0.4) is 0 Å². The highest BCUT2D eigenvalue weighted by Crippen LogP contribution is 2.32. The number of nitrogens with zero attached hydrogens (tertiary/aromatic N) is 2. The number of halogens is 2. The minimum Gasteiger partial charge on any atom is -0.480 e. The van der Waals surface area contributed by atoms with Crippen LogP contribution in [0.25, 0.3) is 0 Å². The number of carbonyl (C=O) groups is 1. The predicted octanol–water partition coefficient (Wildman–Crippen LogP) is 2.72. The smallest absolute Gasteiger partial charge is 0.317 e. The number of hydrogen-bond acceptors (Lipinski definition) is 4. The first-order valence-corrected chi connectivity index (χ1v) is 7.81. The van der Waals surface area contributed by atoms with E-state index in [4.69, 9.17) is 5.11 Å². The van der Waals surface area contributed by atoms with E-state index in [1.807, 2.05) is 25.1 Å². The first kappa shape index (κ1) is 16.1. The van der Waals surface area contributed by atoms with Crippen LogP contribution in [0.1, 0.15) is 4.88 Å². The van der Waals surface area contributed by atoms with Gasteiger partial charge in [0.15, 0.2) is 0 Å². The van der Waals surface area contributed by atoms with Crippen molar-refractivity contribution in [2.24, 2.45) is 0 Å². The third-order valence-electron chi connectivity index (χ3n) is 2.30. The van der Waals surface area contributed by atoms with Crippen LogP contribution < -0.4 is 0 Å². The molecule has 0 fully saturated rings. The van der Waals surface area contributed by atoms with E-state index in [0.717, 1.165) is 26.2 Å². The second-order valence-corrected chi connectivity index (χ2v) is 7.55. The van der Waals surface area contributed by atoms with E-state index >= 15 is 0 Å². The number of carboxylic acid groups (broad SMARTS) is 1. The van der Waals surface area contributed by atoms with Gasteiger partial charge in [0, 0.05) is 29.0 Å². The van der Waals surface area contributed by atoms with E-state index in [-0.39, 0.29) is 6.54 Å². The number of hydrogen-bond donors (Lipinski definition) is 1. The molecule has 1 aromatic rings. The lowest BCUT2D eigenvalue weighted by molar-refractivity contribution is -0.138. The summed E-state index contributed by atoms with van der Waals surface area (Å²) in [5.41, 5.74) is 0. The zero-order valence-electron chi connectivity index (χ0n) is 10.3. The second kappa shape index (κ2) is 7.59. The van der Waals surface area contributed by atoms with Gasteiger partial charge < -0.3 is 10.0 Å². The highest BCUT2D eigenvalue weighted by atomic mass is 79.9. The molecule has 4 nitrogen and oxygen atoms in total. The van der Waals surface area contributed by atoms with Gasteiger partial charge in [0.2, 0.25) is 0 Å². The molecule has 0 saturated carbocycles. The van der Waals surface area contributed by atoms with Crippen LogP contribution in [0.2, 0.25) is 0 Å². The molecule has 0 aliphatic heterocycles. The molecule has 7 heteroatoms. The molecule has 0 aromatic carbocycles. The number of rotatable bonds is 7. The molecule has 0 aliphatic rings. The summed E-state index contributed by atoms with van der Waals surface area (Å²) in [5.74, 6) is -0.788. The second-order valence-electron chi connectivity index (χ2n) is 4.24. The highest BCUT2D eigenvalue weighted by molar-refractivity contribution is 9.13. The van der Waals surface area contributed by atoms with Crippen LogP contribution in [-0.4, -0.2) is 54.6 Å². The molecule has 0 unspecified atom stereocenters. The Morgan fingerprint density at radius 3 is 2.50 bits per heavy atom. The van der Waals surface area contributed by atoms with Crippen molar-refractivity contribution in [1.82, 2.24) is 9.80 Å². The molecule has 0 radical (unpaired) electrons. The zero-order chi connectivity index (χ0) is 13.7. The number of likely N-dealkylation sites (N-methyl/N-ethyl adjacent to an activating group) is 1. The summed E-state index contributed by atoms with van der Waals surface area (Å²) in [5, 5.41) is 8.92. The molecule has 0 aliphatic carbocycles. The number of thiophene rings is 1. The Labute approximate surface area is 128 Å². The monoisotopic (exact) mass is 398 g/mol. The summed E-state index contributed by atoms with van der Waals surface area (Å²) >= 11 is 8.51. The largest absolute Gasteiger partial charge is 0.480 e. The van der Waals surface area contributed by atoms with Crippen molar-refractivity contribution >= 4 is 49.2 Å². The van der Waals surface area contributed by atoms with Crippen LogP contribution in [0.4, 0.5) is 0 Å². The maximum absolute atomic E-state index is 10.8. The van der Waals surface area contributed by atoms with Crippen LogP contribution in [0.15, 0.2) is 14.3 Å². The van der Waals surface area contributed by atoms with Crippen molar-refractivity contribution < 1.29 is 9.90 Å². The van der Waals surface area contributed by atoms with Crippen molar-refractivity contribution in [1.29, 1.82) is 0 Å². The van der Waals surface area contributed by atoms with Crippen molar-refractivity contribution in [2.45, 2.75) is 6.54 Å². The maximum atomic E-state index is 10.8. The van der Waals surface area contributed by atoms with Crippen molar-refractivity contribution in [2.75, 3.05) is 33.7 Å². The van der Waals surface area contributed by atoms with Gasteiger partial charge in [-0.25, -0.2) is 0 Å². The molecule has 1 N–H and O–H groups in total. The fraction of sp³-hybridized carbons (Fsp3) is 0.545. The van der Waals surface area contributed by atoms with Crippen molar-refractivity contribution in [3.63, 3.8) is 0 Å². The number of carboxylic acids is 1. The highest BCUT2D eigenvalue weighted by Gasteiger charge is 2.13. The summed E-state index contributed by atoms with van der Waals surface area (Å²) in [6.45, 7) is 2.32. The van der Waals surface area contributed by atoms with Crippen molar-refractivity contribution in [3.8, 4) is 0 Å². The Morgan fingerprint density at radius 1 is 1.39 bits per heavy atom. The lowest BCUT2D eigenvalue weighted by Crippen LogP contribution is -2.34. The molecule has 0 bridgehead atoms. The van der Waals surface area contributed by atoms with Gasteiger partial charge in [-0.05, 0) is 52.0 Å². The van der Waals surface area contributed by atoms with Gasteiger partial charge in [-0.1, -0.05) is 0 Å². The van der Waals surface area contributed by atoms with Crippen LogP contribution in [-0.2, 0) is 11.3 Å². The first-order chi connectivity index (χ1) is 8.38. The SMILES string of the molecule is CN(C)CCN(CC(=O)O)Cc1cc(Br)c(Br)s1. The lowest BCUT2D eigenvalue weighted by atomic mass is 10.4. The normalized spacial score (nSPS) is 11.4. The fourth-order valence-electron chi connectivity index (χ4n) is 1.44. The van der Waals surface area contributed by atoms with E-state index in [0.29, 0.717) is 6.54 Å². The Hall–Kier alpha value is 0.0500. The van der Waals surface area contributed by atoms with Gasteiger partial charge in [0.1, 0.15) is 0 Å². The van der Waals surface area contributed by atoms with Gasteiger partial charge in [-0.3, -0.25) is 9.69 Å². The molecule has 0 amide bonds. The van der Waals surface area contributed by atoms with Crippen LogP contribution in [0.5, 0.6) is 0 Å². The van der Waals surface area contributed by atoms with Crippen LogP contribution in [0, 0.1) is 0 Å². The van der Waals surface area contributed by atoms with Crippen molar-refractivity contribution in [3.05, 3.63) is 19.2 Å². The summed E-state index contributed by atoms with van der Waals surface area (Å²) in [6, 6.07) is 2.03. The molecule has 1 heterocycles. The Bertz CT molecular complexity index is 390. The standard InChI is InChI=1S/C11H16Br2N2O2S/c1-14(2)3-4-15(7-10(16)17)6-8-5-9(12)11(13)18-8/h5H,3-4,6-7H2,1-2H3,(H,16,17). The van der Waals surface area contributed by atoms with Gasteiger partial charge in [-0.2, -0.15) is 0 Å². The minimum absolute atomic E-state index is 0.0704. The summed E-state index contributed by atoms with van der Waals surface area (Å²) in [6.07, 6.45) is 0. The third-order valence-corrected chi connectivity index (χ3v) is 5.54. The fourth-order valence-corrected chi connectivity index (χ4v) is 3.66. The molecular formula is C11H16Br2N2O2S. The number of aliphatic carboxylic acids is 1. The third kappa shape index (κ3) is 5.79. The summed E-state index contributed by atoms with van der Waals surface area (Å²) in [4.78, 5) is 16.0. The van der Waals surface area contributed by atoms with Crippen LogP contribution >= 0.6 is 43.2 Å². The summed E-state index contributed by atoms with van der Waals surface area (Å²) in [7, 11) is 3.97. The lowest BCUT2D eigenvalue weighted by Gasteiger charge is -2.21. The van der Waals surface area contributed by atoms with Gasteiger partial charge >= 0.3 is 5.97 Å². The molecule has 18 heavy (non-hydrogen) atoms. The Kier molecular flexibility index (Phi) is 6.79. The molecule has 0 spiro atoms. The molecular weight excluding hydrogens is 384 g/mol. The average Bonchev–Trinajstić information content (AvgIpc) is 2.54. The predicted molar refractivity (Wildman–Crippen MR) is 81.2 cm³/mol. The molecule has 0 saturated heterocycles. The minimum atomic E-state index is -0.788. The molecule has 1 aromatic heterocycles. The maximum Gasteiger partial charge on any atom is 0.317 e. The van der Waals surface area contributed by atoms with E-state index in [9.17, 15) is 4.79 Å².